The van der Waals surface area contributed by atoms with Gasteiger partial charge in [0.05, 0.1) is 0 Å². The Labute approximate surface area is 116 Å². The first kappa shape index (κ1) is 17.8. The van der Waals surface area contributed by atoms with Crippen LogP contribution in [0.2, 0.25) is 0 Å². The lowest BCUT2D eigenvalue weighted by atomic mass is 10.2. The molecule has 0 saturated carbocycles. The lowest BCUT2D eigenvalue weighted by Crippen LogP contribution is -2.41. The number of carbonyl (C=O) groups is 1. The molecule has 0 spiro atoms. The molecule has 108 valence electrons. The topological polar surface area (TPSA) is 55.6 Å². The number of hydrogen-bond acceptors (Lipinski definition) is 3. The highest BCUT2D eigenvalue weighted by Crippen LogP contribution is 2.11. The molecule has 0 aromatic heterocycles. The third-order valence-corrected chi connectivity index (χ3v) is 2.55. The van der Waals surface area contributed by atoms with E-state index in [4.69, 9.17) is 10.5 Å². The van der Waals surface area contributed by atoms with Gasteiger partial charge in [0, 0.05) is 27.2 Å². The average Bonchev–Trinajstić information content (AvgIpc) is 2.35. The van der Waals surface area contributed by atoms with Crippen LogP contribution in [0.15, 0.2) is 18.2 Å². The van der Waals surface area contributed by atoms with E-state index >= 15 is 0 Å². The van der Waals surface area contributed by atoms with E-state index in [0.29, 0.717) is 5.56 Å². The number of methoxy groups -OCH3 is 1. The van der Waals surface area contributed by atoms with Crippen molar-refractivity contribution in [1.29, 1.82) is 0 Å². The third kappa shape index (κ3) is 4.74. The molecule has 0 aliphatic rings. The normalized spacial score (nSPS) is 11.6. The number of nitrogens with two attached hydrogens (primary N) is 1. The van der Waals surface area contributed by atoms with Crippen LogP contribution in [-0.4, -0.2) is 37.6 Å². The largest absolute Gasteiger partial charge is 0.370 e. The molecule has 0 saturated heterocycles. The molecule has 0 aliphatic carbocycles. The molecule has 0 aliphatic heterocycles. The average molecular weight is 295 g/mol. The van der Waals surface area contributed by atoms with Crippen molar-refractivity contribution < 1.29 is 18.3 Å². The van der Waals surface area contributed by atoms with E-state index in [0.717, 1.165) is 12.1 Å². The second kappa shape index (κ2) is 8.04. The standard InChI is InChI=1S/C12H16F2N2O2.ClH/c1-16(12(17)11(6-15)18-2)7-8-3-4-9(13)10(14)5-8;/h3-5,11H,6-7,15H2,1-2H3;1H. The van der Waals surface area contributed by atoms with Gasteiger partial charge in [-0.3, -0.25) is 4.79 Å². The first-order chi connectivity index (χ1) is 8.49. The molecule has 1 aromatic rings. The first-order valence-corrected chi connectivity index (χ1v) is 5.41. The number of likely N-dealkylation sites (N-methyl/N-ethyl adjacent to an activating group) is 1. The van der Waals surface area contributed by atoms with Gasteiger partial charge in [-0.05, 0) is 17.7 Å². The van der Waals surface area contributed by atoms with Gasteiger partial charge >= 0.3 is 0 Å². The summed E-state index contributed by atoms with van der Waals surface area (Å²) in [6.07, 6.45) is -0.722. The lowest BCUT2D eigenvalue weighted by Gasteiger charge is -2.22. The molecule has 4 nitrogen and oxygen atoms in total. The van der Waals surface area contributed by atoms with Gasteiger partial charge in [-0.2, -0.15) is 0 Å². The summed E-state index contributed by atoms with van der Waals surface area (Å²) in [5.74, 6) is -2.15. The van der Waals surface area contributed by atoms with Crippen molar-refractivity contribution in [3.63, 3.8) is 0 Å². The van der Waals surface area contributed by atoms with E-state index in [1.165, 1.54) is 18.1 Å². The van der Waals surface area contributed by atoms with Crippen molar-refractivity contribution in [2.45, 2.75) is 12.6 Å². The quantitative estimate of drug-likeness (QED) is 0.891. The maximum absolute atomic E-state index is 13.0. The van der Waals surface area contributed by atoms with Crippen molar-refractivity contribution in [3.8, 4) is 0 Å². The van der Waals surface area contributed by atoms with Crippen LogP contribution in [0, 0.1) is 11.6 Å². The molecule has 0 bridgehead atoms. The highest BCUT2D eigenvalue weighted by atomic mass is 35.5. The van der Waals surface area contributed by atoms with Crippen molar-refractivity contribution in [3.05, 3.63) is 35.4 Å². The van der Waals surface area contributed by atoms with Crippen LogP contribution < -0.4 is 5.73 Å². The predicted octanol–water partition coefficient (Wildman–Crippen LogP) is 1.32. The summed E-state index contributed by atoms with van der Waals surface area (Å²) < 4.78 is 30.7. The number of rotatable bonds is 5. The highest BCUT2D eigenvalue weighted by molar-refractivity contribution is 5.85. The lowest BCUT2D eigenvalue weighted by molar-refractivity contribution is -0.140. The van der Waals surface area contributed by atoms with Crippen LogP contribution in [-0.2, 0) is 16.1 Å². The summed E-state index contributed by atoms with van der Waals surface area (Å²) >= 11 is 0. The van der Waals surface area contributed by atoms with Gasteiger partial charge in [0.1, 0.15) is 6.10 Å². The molecule has 1 atom stereocenters. The fourth-order valence-corrected chi connectivity index (χ4v) is 1.53. The van der Waals surface area contributed by atoms with Crippen LogP contribution >= 0.6 is 12.4 Å². The molecule has 1 amide bonds. The third-order valence-electron chi connectivity index (χ3n) is 2.55. The van der Waals surface area contributed by atoms with Gasteiger partial charge in [-0.1, -0.05) is 6.07 Å². The van der Waals surface area contributed by atoms with Crippen molar-refractivity contribution in [2.75, 3.05) is 20.7 Å². The highest BCUT2D eigenvalue weighted by Gasteiger charge is 2.20. The summed E-state index contributed by atoms with van der Waals surface area (Å²) in [7, 11) is 2.94. The zero-order valence-corrected chi connectivity index (χ0v) is 11.5. The van der Waals surface area contributed by atoms with Crippen LogP contribution in [0.4, 0.5) is 8.78 Å². The van der Waals surface area contributed by atoms with Crippen LogP contribution in [0.5, 0.6) is 0 Å². The maximum atomic E-state index is 13.0. The Kier molecular flexibility index (Phi) is 7.51. The Morgan fingerprint density at radius 3 is 2.53 bits per heavy atom. The Bertz CT molecular complexity index is 428. The smallest absolute Gasteiger partial charge is 0.253 e. The molecule has 0 fully saturated rings. The minimum absolute atomic E-state index is 0. The van der Waals surface area contributed by atoms with Crippen LogP contribution in [0.1, 0.15) is 5.56 Å². The van der Waals surface area contributed by atoms with E-state index in [2.05, 4.69) is 0 Å². The number of hydrogen-bond donors (Lipinski definition) is 1. The molecule has 0 radical (unpaired) electrons. The van der Waals surface area contributed by atoms with Crippen LogP contribution in [0.25, 0.3) is 0 Å². The second-order valence-electron chi connectivity index (χ2n) is 3.90. The Morgan fingerprint density at radius 1 is 1.42 bits per heavy atom. The zero-order chi connectivity index (χ0) is 13.7. The summed E-state index contributed by atoms with van der Waals surface area (Å²) in [5.41, 5.74) is 5.87. The number of halogens is 3. The molecular weight excluding hydrogens is 278 g/mol. The van der Waals surface area contributed by atoms with Crippen molar-refractivity contribution in [1.82, 2.24) is 4.90 Å². The minimum atomic E-state index is -0.935. The molecule has 19 heavy (non-hydrogen) atoms. The Balaban J connectivity index is 0.00000324. The Hall–Kier alpha value is -1.24. The van der Waals surface area contributed by atoms with E-state index in [1.54, 1.807) is 7.05 Å². The zero-order valence-electron chi connectivity index (χ0n) is 10.7. The predicted molar refractivity (Wildman–Crippen MR) is 69.9 cm³/mol. The van der Waals surface area contributed by atoms with E-state index < -0.39 is 17.7 Å². The molecule has 7 heteroatoms. The van der Waals surface area contributed by atoms with Gasteiger partial charge in [0.25, 0.3) is 5.91 Å². The summed E-state index contributed by atoms with van der Waals surface area (Å²) in [5, 5.41) is 0. The van der Waals surface area contributed by atoms with Gasteiger partial charge in [0.2, 0.25) is 0 Å². The summed E-state index contributed by atoms with van der Waals surface area (Å²) in [6.45, 7) is 0.230. The van der Waals surface area contributed by atoms with Gasteiger partial charge in [-0.25, -0.2) is 8.78 Å². The van der Waals surface area contributed by atoms with Crippen molar-refractivity contribution >= 4 is 18.3 Å². The van der Waals surface area contributed by atoms with Gasteiger partial charge in [-0.15, -0.1) is 12.4 Å². The van der Waals surface area contributed by atoms with Gasteiger partial charge in [0.15, 0.2) is 11.6 Å². The first-order valence-electron chi connectivity index (χ1n) is 5.41. The second-order valence-corrected chi connectivity index (χ2v) is 3.90. The number of benzene rings is 1. The van der Waals surface area contributed by atoms with E-state index in [-0.39, 0.29) is 31.4 Å². The summed E-state index contributed by atoms with van der Waals surface area (Å²) in [4.78, 5) is 13.2. The molecular formula is C12H17ClF2N2O2. The summed E-state index contributed by atoms with van der Waals surface area (Å²) in [6, 6.07) is 3.51. The van der Waals surface area contributed by atoms with Gasteiger partial charge < -0.3 is 15.4 Å². The number of nitrogens with zero attached hydrogens (tertiary/aromatic N) is 1. The van der Waals surface area contributed by atoms with E-state index in [1.807, 2.05) is 0 Å². The molecule has 2 N–H and O–H groups in total. The number of amides is 1. The molecule has 1 rings (SSSR count). The van der Waals surface area contributed by atoms with E-state index in [9.17, 15) is 13.6 Å². The fraction of sp³-hybridized carbons (Fsp3) is 0.417. The number of ether oxygens (including phenoxy) is 1. The maximum Gasteiger partial charge on any atom is 0.253 e. The van der Waals surface area contributed by atoms with Crippen molar-refractivity contribution in [2.24, 2.45) is 5.73 Å². The number of carbonyl (C=O) groups excluding carboxylic acids is 1. The Morgan fingerprint density at radius 2 is 2.05 bits per heavy atom. The minimum Gasteiger partial charge on any atom is -0.370 e. The molecule has 1 aromatic carbocycles. The van der Waals surface area contributed by atoms with Crippen LogP contribution in [0.3, 0.4) is 0 Å². The SMILES string of the molecule is COC(CN)C(=O)N(C)Cc1ccc(F)c(F)c1.Cl. The molecule has 0 heterocycles. The monoisotopic (exact) mass is 294 g/mol. The molecule has 1 unspecified atom stereocenters. The fourth-order valence-electron chi connectivity index (χ4n) is 1.53.